The van der Waals surface area contributed by atoms with Gasteiger partial charge in [0.15, 0.2) is 6.10 Å². The lowest BCUT2D eigenvalue weighted by Crippen LogP contribution is -2.78. The number of aliphatic hydroxyl groups is 1. The number of hydrogen-bond donors (Lipinski definition) is 3. The Bertz CT molecular complexity index is 2490. The van der Waals surface area contributed by atoms with E-state index in [0.717, 1.165) is 52.3 Å². The Balaban J connectivity index is 1.35. The van der Waals surface area contributed by atoms with Crippen molar-refractivity contribution in [2.45, 2.75) is 87.6 Å². The lowest BCUT2D eigenvalue weighted by atomic mass is 9.52. The summed E-state index contributed by atoms with van der Waals surface area (Å²) in [6.45, 7) is 8.79. The molecule has 328 valence electrons. The molecule has 3 N–H and O–H groups in total. The summed E-state index contributed by atoms with van der Waals surface area (Å²) >= 11 is 0. The third-order valence-corrected chi connectivity index (χ3v) is 15.1. The number of nitrogens with zero attached hydrogens (tertiary/aromatic N) is 3. The van der Waals surface area contributed by atoms with Crippen molar-refractivity contribution in [2.75, 3.05) is 59.5 Å². The van der Waals surface area contributed by atoms with Crippen molar-refractivity contribution in [3.63, 3.8) is 0 Å². The summed E-state index contributed by atoms with van der Waals surface area (Å²) in [6.07, 6.45) is 8.27. The fourth-order valence-electron chi connectivity index (χ4n) is 12.9. The number of carboxylic acids is 1. The average Bonchev–Trinajstić information content (AvgIpc) is 3.90. The Morgan fingerprint density at radius 1 is 1.00 bits per heavy atom. The number of esters is 3. The Morgan fingerprint density at radius 3 is 2.45 bits per heavy atom. The molecular weight excluding hydrogens is 793 g/mol. The number of ether oxygens (including phenoxy) is 4. The van der Waals surface area contributed by atoms with Crippen LogP contribution in [0.15, 0.2) is 59.7 Å². The number of carbonyl (C=O) groups is 4. The first-order valence-corrected chi connectivity index (χ1v) is 21.6. The lowest BCUT2D eigenvalue weighted by molar-refractivity contribution is -0.212. The summed E-state index contributed by atoms with van der Waals surface area (Å²) in [5.41, 5.74) is 2.87. The number of carboxylic acid groups (broad SMARTS) is 1. The Hall–Kier alpha value is -5.44. The highest BCUT2D eigenvalue weighted by atomic mass is 16.6. The number of anilines is 1. The van der Waals surface area contributed by atoms with Crippen LogP contribution in [0.25, 0.3) is 17.0 Å². The van der Waals surface area contributed by atoms with Crippen molar-refractivity contribution >= 4 is 46.5 Å². The maximum atomic E-state index is 15.3. The summed E-state index contributed by atoms with van der Waals surface area (Å²) < 4.78 is 23.8. The smallest absolute Gasteiger partial charge is 0.344 e. The average molecular weight is 849 g/mol. The van der Waals surface area contributed by atoms with Crippen LogP contribution in [0.4, 0.5) is 5.69 Å². The number of H-pyrrole nitrogens is 1. The lowest BCUT2D eigenvalue weighted by Gasteiger charge is -2.59. The molecule has 0 radical (unpaired) electrons. The molecule has 5 aliphatic heterocycles. The molecule has 2 fully saturated rings. The van der Waals surface area contributed by atoms with Gasteiger partial charge in [0.2, 0.25) is 5.60 Å². The number of aliphatic carboxylic acids is 1. The summed E-state index contributed by atoms with van der Waals surface area (Å²) in [6, 6.07) is 8.52. The van der Waals surface area contributed by atoms with E-state index < -0.39 is 58.4 Å². The van der Waals surface area contributed by atoms with Gasteiger partial charge in [0, 0.05) is 97.5 Å². The monoisotopic (exact) mass is 848 g/mol. The molecule has 1 aliphatic carbocycles. The van der Waals surface area contributed by atoms with Crippen LogP contribution in [0.3, 0.4) is 0 Å². The second-order valence-corrected chi connectivity index (χ2v) is 18.0. The molecule has 1 spiro atoms. The molecule has 14 nitrogen and oxygen atoms in total. The Morgan fingerprint density at radius 2 is 1.77 bits per heavy atom. The van der Waals surface area contributed by atoms with E-state index in [4.69, 9.17) is 18.9 Å². The zero-order valence-electron chi connectivity index (χ0n) is 36.4. The van der Waals surface area contributed by atoms with Gasteiger partial charge < -0.3 is 39.0 Å². The van der Waals surface area contributed by atoms with Gasteiger partial charge in [-0.25, -0.2) is 9.59 Å². The van der Waals surface area contributed by atoms with Crippen molar-refractivity contribution in [3.05, 3.63) is 87.7 Å². The summed E-state index contributed by atoms with van der Waals surface area (Å²) in [5, 5.41) is 23.6. The molecule has 9 atom stereocenters. The minimum absolute atomic E-state index is 0.0523. The number of aromatic amines is 1. The van der Waals surface area contributed by atoms with Crippen LogP contribution in [0.2, 0.25) is 0 Å². The molecule has 1 saturated carbocycles. The third-order valence-electron chi connectivity index (χ3n) is 15.1. The maximum absolute atomic E-state index is 15.3. The van der Waals surface area contributed by atoms with Crippen molar-refractivity contribution < 1.29 is 48.3 Å². The van der Waals surface area contributed by atoms with Crippen LogP contribution in [-0.2, 0) is 50.8 Å². The van der Waals surface area contributed by atoms with Crippen LogP contribution in [0.5, 0.6) is 5.75 Å². The molecule has 2 unspecified atom stereocenters. The van der Waals surface area contributed by atoms with Gasteiger partial charge in [-0.2, -0.15) is 0 Å². The van der Waals surface area contributed by atoms with E-state index in [1.807, 2.05) is 43.1 Å². The number of likely N-dealkylation sites (N-methyl/N-ethyl adjacent to an activating group) is 1. The number of hydrogen-bond acceptors (Lipinski definition) is 12. The van der Waals surface area contributed by atoms with Gasteiger partial charge in [-0.15, -0.1) is 0 Å². The van der Waals surface area contributed by atoms with Gasteiger partial charge in [-0.05, 0) is 79.1 Å². The van der Waals surface area contributed by atoms with E-state index in [0.29, 0.717) is 68.0 Å². The number of methoxy groups -OCH3 is 3. The minimum atomic E-state index is -2.30. The molecule has 2 bridgehead atoms. The first-order chi connectivity index (χ1) is 29.7. The van der Waals surface area contributed by atoms with Crippen LogP contribution >= 0.6 is 0 Å². The second kappa shape index (κ2) is 15.1. The molecule has 3 aromatic rings. The number of rotatable bonds is 9. The predicted molar refractivity (Wildman–Crippen MR) is 231 cm³/mol. The number of carbonyl (C=O) groups excluding carboxylic acids is 3. The first-order valence-electron chi connectivity index (χ1n) is 21.6. The molecule has 1 saturated heterocycles. The zero-order chi connectivity index (χ0) is 44.0. The van der Waals surface area contributed by atoms with Crippen LogP contribution in [-0.4, -0.2) is 127 Å². The zero-order valence-corrected chi connectivity index (χ0v) is 36.4. The number of aromatic nitrogens is 1. The Kier molecular flexibility index (Phi) is 10.2. The number of fused-ring (bicyclic) bond motifs is 6. The van der Waals surface area contributed by atoms with Gasteiger partial charge in [0.1, 0.15) is 11.2 Å². The second-order valence-electron chi connectivity index (χ2n) is 18.0. The number of nitrogens with one attached hydrogen (secondary N) is 1. The van der Waals surface area contributed by atoms with Crippen molar-refractivity contribution in [2.24, 2.45) is 11.8 Å². The molecular formula is C48H56N4O10. The minimum Gasteiger partial charge on any atom is -0.496 e. The van der Waals surface area contributed by atoms with E-state index in [1.54, 1.807) is 13.2 Å². The van der Waals surface area contributed by atoms with Gasteiger partial charge in [-0.3, -0.25) is 19.4 Å². The van der Waals surface area contributed by atoms with Crippen LogP contribution in [0, 0.1) is 11.8 Å². The topological polar surface area (TPSA) is 171 Å². The van der Waals surface area contributed by atoms with Gasteiger partial charge >= 0.3 is 23.9 Å². The SMILES string of the molecule is CCC1=C[C@H]2CN(C1)Cc1c([nH]c3ccc(/C=C/C(=O)O)cc13)[C@@](C(=O)OC)(c1cc3c(cc1OC)N(C)[C@H]1[C@@](O)(C(=O)OC)[C@H](OC(C)=O)C4C(CC)=CCN5CC[C@]31[C@H]45)C2. The predicted octanol–water partition coefficient (Wildman–Crippen LogP) is 4.85. The van der Waals surface area contributed by atoms with Crippen molar-refractivity contribution in [1.29, 1.82) is 0 Å². The van der Waals surface area contributed by atoms with Gasteiger partial charge in [-0.1, -0.05) is 43.2 Å². The largest absolute Gasteiger partial charge is 0.496 e. The maximum Gasteiger partial charge on any atom is 0.344 e. The molecule has 1 aromatic heterocycles. The highest BCUT2D eigenvalue weighted by molar-refractivity contribution is 5.96. The standard InChI is InChI=1S/C48H56N4O10/c1-8-27-18-29-22-47(44(56)60-6,40-32(25-51(23-27)24-29)31-19-28(11-13-38(54)55)10-12-35(31)49-40)34-20-33-36(21-37(34)59-5)50(4)43-46(33)15-17-52-16-14-30(9-2)39(41(46)52)42(62-26(3)53)48(43,58)45(57)61-7/h10-14,18-21,29,39,41-43,49,58H,8-9,15-17,22-25H2,1-7H3,(H,54,55)/b13-11+/t29-,39?,41+,42-,43-,46-,47+,48-/m1/s1. The van der Waals surface area contributed by atoms with E-state index in [2.05, 4.69) is 39.9 Å². The molecule has 62 heavy (non-hydrogen) atoms. The van der Waals surface area contributed by atoms with Crippen molar-refractivity contribution in [1.82, 2.24) is 14.8 Å². The molecule has 14 heteroatoms. The highest BCUT2D eigenvalue weighted by Crippen LogP contribution is 2.65. The van der Waals surface area contributed by atoms with Crippen molar-refractivity contribution in [3.8, 4) is 5.75 Å². The van der Waals surface area contributed by atoms with Gasteiger partial charge in [0.25, 0.3) is 0 Å². The summed E-state index contributed by atoms with van der Waals surface area (Å²) in [7, 11) is 6.09. The molecule has 0 amide bonds. The fraction of sp³-hybridized carbons (Fsp3) is 0.500. The van der Waals surface area contributed by atoms with Crippen LogP contribution < -0.4 is 9.64 Å². The first kappa shape index (κ1) is 41.9. The summed E-state index contributed by atoms with van der Waals surface area (Å²) in [5.74, 6) is -3.18. The van der Waals surface area contributed by atoms with E-state index in [1.165, 1.54) is 26.7 Å². The van der Waals surface area contributed by atoms with E-state index in [9.17, 15) is 24.6 Å². The summed E-state index contributed by atoms with van der Waals surface area (Å²) in [4.78, 5) is 64.6. The third kappa shape index (κ3) is 5.78. The Labute approximate surface area is 361 Å². The highest BCUT2D eigenvalue weighted by Gasteiger charge is 2.77. The number of benzene rings is 2. The normalized spacial score (nSPS) is 32.1. The van der Waals surface area contributed by atoms with Crippen LogP contribution in [0.1, 0.15) is 74.4 Å². The molecule has 2 aromatic carbocycles. The molecule has 9 rings (SSSR count). The van der Waals surface area contributed by atoms with E-state index >= 15 is 4.79 Å². The van der Waals surface area contributed by atoms with E-state index in [-0.39, 0.29) is 12.0 Å². The van der Waals surface area contributed by atoms with Gasteiger partial charge in [0.05, 0.1) is 27.4 Å². The quantitative estimate of drug-likeness (QED) is 0.116. The molecule has 6 heterocycles. The fourth-order valence-corrected chi connectivity index (χ4v) is 12.9. The molecule has 6 aliphatic rings.